The molecule has 1 unspecified atom stereocenters. The fraction of sp³-hybridized carbons (Fsp3) is 0.238. The monoisotopic (exact) mass is 462 g/mol. The first-order chi connectivity index (χ1) is 12.3. The molecule has 26 heavy (non-hydrogen) atoms. The molecule has 2 aromatic rings. The lowest BCUT2D eigenvalue weighted by Gasteiger charge is -2.20. The Bertz CT molecular complexity index is 834. The molecule has 1 atom stereocenters. The molecule has 136 valence electrons. The molecule has 0 aliphatic carbocycles. The van der Waals surface area contributed by atoms with Crippen LogP contribution in [0.15, 0.2) is 72.6 Å². The number of hydrogen-bond donors (Lipinski definition) is 0. The maximum atomic E-state index is 6.05. The van der Waals surface area contributed by atoms with Gasteiger partial charge in [-0.05, 0) is 50.3 Å². The number of hydrogen-bond acceptors (Lipinski definition) is 4. The molecule has 4 nitrogen and oxygen atoms in total. The van der Waals surface area contributed by atoms with Crippen molar-refractivity contribution >= 4 is 35.4 Å². The third-order valence-electron chi connectivity index (χ3n) is 4.54. The predicted molar refractivity (Wildman–Crippen MR) is 117 cm³/mol. The van der Waals surface area contributed by atoms with E-state index >= 15 is 0 Å². The first-order valence-corrected chi connectivity index (χ1v) is 8.77. The van der Waals surface area contributed by atoms with Crippen molar-refractivity contribution in [2.24, 2.45) is 0 Å². The predicted octanol–water partition coefficient (Wildman–Crippen LogP) is 5.17. The molecule has 0 fully saturated rings. The number of likely N-dealkylation sites (N-methyl/N-ethyl adjacent to an activating group) is 1. The van der Waals surface area contributed by atoms with Crippen LogP contribution in [0.2, 0.25) is 0 Å². The average molecular weight is 462 g/mol. The summed E-state index contributed by atoms with van der Waals surface area (Å²) in [7, 11) is 0. The second-order valence-corrected chi connectivity index (χ2v) is 5.97. The average Bonchev–Trinajstić information content (AvgIpc) is 3.18. The van der Waals surface area contributed by atoms with Gasteiger partial charge in [0.2, 0.25) is 5.88 Å². The lowest BCUT2D eigenvalue weighted by molar-refractivity contribution is 0.275. The third kappa shape index (κ3) is 3.28. The van der Waals surface area contributed by atoms with Gasteiger partial charge in [-0.1, -0.05) is 30.3 Å². The summed E-state index contributed by atoms with van der Waals surface area (Å²) in [6, 6.07) is 16.3. The van der Waals surface area contributed by atoms with Crippen molar-refractivity contribution < 1.29 is 9.47 Å². The van der Waals surface area contributed by atoms with E-state index in [1.807, 2.05) is 48.6 Å². The van der Waals surface area contributed by atoms with Gasteiger partial charge in [0, 0.05) is 13.1 Å². The quantitative estimate of drug-likeness (QED) is 0.586. The number of halogens is 1. The van der Waals surface area contributed by atoms with E-state index in [2.05, 4.69) is 41.9 Å². The highest BCUT2D eigenvalue weighted by atomic mass is 127. The number of anilines is 2. The number of nitrogens with zero attached hydrogens (tertiary/aromatic N) is 2. The van der Waals surface area contributed by atoms with Gasteiger partial charge in [0.15, 0.2) is 12.0 Å². The summed E-state index contributed by atoms with van der Waals surface area (Å²) >= 11 is 0. The number of benzene rings is 2. The molecule has 0 saturated carbocycles. The van der Waals surface area contributed by atoms with Gasteiger partial charge in [-0.15, -0.1) is 24.0 Å². The number of allylic oxidation sites excluding steroid dienone is 2. The smallest absolute Gasteiger partial charge is 0.200 e. The topological polar surface area (TPSA) is 24.9 Å². The zero-order valence-corrected chi connectivity index (χ0v) is 17.3. The van der Waals surface area contributed by atoms with Crippen LogP contribution in [0, 0.1) is 0 Å². The number of para-hydroxylation sites is 4. The molecule has 0 spiro atoms. The van der Waals surface area contributed by atoms with Gasteiger partial charge in [0.25, 0.3) is 0 Å². The summed E-state index contributed by atoms with van der Waals surface area (Å²) in [5.74, 6) is 2.69. The van der Waals surface area contributed by atoms with E-state index in [0.29, 0.717) is 0 Å². The van der Waals surface area contributed by atoms with Crippen molar-refractivity contribution in [3.05, 3.63) is 72.6 Å². The van der Waals surface area contributed by atoms with Crippen LogP contribution in [0.4, 0.5) is 11.4 Å². The Morgan fingerprint density at radius 3 is 2.35 bits per heavy atom. The molecular weight excluding hydrogens is 439 g/mol. The second kappa shape index (κ2) is 8.03. The standard InChI is InChI=1S/C21H22N2O2.HI/c1-3-22-16-10-5-7-12-18(16)24-20(22)14-9-15-21-23(4-2)17-11-6-8-13-19(17)25-21;/h5-15,20H,3-4H2,1-2H3;1H. The van der Waals surface area contributed by atoms with Crippen molar-refractivity contribution in [1.29, 1.82) is 0 Å². The molecule has 0 radical (unpaired) electrons. The largest absolute Gasteiger partial charge is 0.465 e. The Morgan fingerprint density at radius 2 is 1.62 bits per heavy atom. The van der Waals surface area contributed by atoms with Crippen molar-refractivity contribution in [3.8, 4) is 11.5 Å². The minimum Gasteiger partial charge on any atom is -0.465 e. The summed E-state index contributed by atoms with van der Waals surface area (Å²) in [5.41, 5.74) is 2.26. The molecule has 0 amide bonds. The van der Waals surface area contributed by atoms with E-state index in [1.54, 1.807) is 0 Å². The Balaban J connectivity index is 0.00000196. The number of rotatable bonds is 4. The van der Waals surface area contributed by atoms with Gasteiger partial charge >= 0.3 is 0 Å². The normalized spacial score (nSPS) is 19.2. The maximum Gasteiger partial charge on any atom is 0.200 e. The fourth-order valence-corrected chi connectivity index (χ4v) is 3.35. The Morgan fingerprint density at radius 1 is 0.923 bits per heavy atom. The SMILES string of the molecule is CCN1C(=CC=CC2Oc3ccccc3N2CC)Oc2ccccc21.I. The van der Waals surface area contributed by atoms with Gasteiger partial charge < -0.3 is 19.3 Å². The molecule has 0 aromatic heterocycles. The summed E-state index contributed by atoms with van der Waals surface area (Å²) in [4.78, 5) is 4.41. The lowest BCUT2D eigenvalue weighted by Crippen LogP contribution is -2.32. The number of ether oxygens (including phenoxy) is 2. The molecule has 2 aliphatic heterocycles. The molecule has 2 heterocycles. The summed E-state index contributed by atoms with van der Waals surface area (Å²) in [6.07, 6.45) is 6.00. The number of fused-ring (bicyclic) bond motifs is 2. The highest BCUT2D eigenvalue weighted by Crippen LogP contribution is 2.39. The van der Waals surface area contributed by atoms with Crippen LogP contribution in [0.25, 0.3) is 0 Å². The fourth-order valence-electron chi connectivity index (χ4n) is 3.35. The molecule has 0 saturated heterocycles. The van der Waals surface area contributed by atoms with Crippen LogP contribution >= 0.6 is 24.0 Å². The molecule has 4 rings (SSSR count). The van der Waals surface area contributed by atoms with Gasteiger partial charge in [-0.25, -0.2) is 0 Å². The van der Waals surface area contributed by atoms with E-state index in [-0.39, 0.29) is 30.2 Å². The van der Waals surface area contributed by atoms with Crippen LogP contribution in [0.3, 0.4) is 0 Å². The summed E-state index contributed by atoms with van der Waals surface area (Å²) < 4.78 is 12.0. The van der Waals surface area contributed by atoms with E-state index in [4.69, 9.17) is 9.47 Å². The molecular formula is C21H23IN2O2. The van der Waals surface area contributed by atoms with Gasteiger partial charge in [-0.3, -0.25) is 0 Å². The molecule has 0 N–H and O–H groups in total. The van der Waals surface area contributed by atoms with E-state index in [0.717, 1.165) is 41.8 Å². The van der Waals surface area contributed by atoms with Crippen molar-refractivity contribution in [2.45, 2.75) is 20.1 Å². The van der Waals surface area contributed by atoms with Crippen LogP contribution in [-0.2, 0) is 0 Å². The molecule has 5 heteroatoms. The van der Waals surface area contributed by atoms with Crippen LogP contribution in [0.5, 0.6) is 11.5 Å². The van der Waals surface area contributed by atoms with Crippen LogP contribution in [0.1, 0.15) is 13.8 Å². The minimum absolute atomic E-state index is 0. The third-order valence-corrected chi connectivity index (χ3v) is 4.54. The Kier molecular flexibility index (Phi) is 5.76. The van der Waals surface area contributed by atoms with Crippen molar-refractivity contribution in [2.75, 3.05) is 22.9 Å². The van der Waals surface area contributed by atoms with Crippen molar-refractivity contribution in [1.82, 2.24) is 0 Å². The van der Waals surface area contributed by atoms with E-state index in [1.165, 1.54) is 0 Å². The highest BCUT2D eigenvalue weighted by Gasteiger charge is 2.27. The first-order valence-electron chi connectivity index (χ1n) is 8.77. The van der Waals surface area contributed by atoms with E-state index < -0.39 is 0 Å². The minimum atomic E-state index is -0.0851. The summed E-state index contributed by atoms with van der Waals surface area (Å²) in [5, 5.41) is 0. The molecule has 2 aliphatic rings. The van der Waals surface area contributed by atoms with Crippen LogP contribution < -0.4 is 19.3 Å². The zero-order chi connectivity index (χ0) is 17.2. The Labute approximate surface area is 171 Å². The maximum absolute atomic E-state index is 6.05. The molecule has 0 bridgehead atoms. The van der Waals surface area contributed by atoms with Gasteiger partial charge in [-0.2, -0.15) is 0 Å². The van der Waals surface area contributed by atoms with Gasteiger partial charge in [0.05, 0.1) is 11.4 Å². The lowest BCUT2D eigenvalue weighted by atomic mass is 10.3. The van der Waals surface area contributed by atoms with Crippen LogP contribution in [-0.4, -0.2) is 19.3 Å². The van der Waals surface area contributed by atoms with E-state index in [9.17, 15) is 0 Å². The highest BCUT2D eigenvalue weighted by molar-refractivity contribution is 14.0. The Hall–Kier alpha value is -2.15. The second-order valence-electron chi connectivity index (χ2n) is 5.97. The zero-order valence-electron chi connectivity index (χ0n) is 15.0. The van der Waals surface area contributed by atoms with Gasteiger partial charge in [0.1, 0.15) is 5.75 Å². The summed E-state index contributed by atoms with van der Waals surface area (Å²) in [6.45, 7) is 6.02. The molecule has 2 aromatic carbocycles. The first kappa shape index (κ1) is 18.6. The van der Waals surface area contributed by atoms with Crippen molar-refractivity contribution in [3.63, 3.8) is 0 Å².